The van der Waals surface area contributed by atoms with Gasteiger partial charge < -0.3 is 10.0 Å². The fourth-order valence-corrected chi connectivity index (χ4v) is 1.90. The zero-order valence-electron chi connectivity index (χ0n) is 11.0. The first kappa shape index (κ1) is 12.4. The van der Waals surface area contributed by atoms with E-state index in [4.69, 9.17) is 0 Å². The molecule has 0 bridgehead atoms. The molecule has 18 heavy (non-hydrogen) atoms. The molecule has 0 saturated heterocycles. The number of hydrogen-bond donors (Lipinski definition) is 1. The molecule has 0 unspecified atom stereocenters. The Morgan fingerprint density at radius 1 is 1.17 bits per heavy atom. The van der Waals surface area contributed by atoms with Gasteiger partial charge in [0, 0.05) is 18.4 Å². The molecular weight excluding hydrogens is 224 g/mol. The maximum Gasteiger partial charge on any atom is 0.138 e. The summed E-state index contributed by atoms with van der Waals surface area (Å²) in [5.41, 5.74) is 3.97. The summed E-state index contributed by atoms with van der Waals surface area (Å²) in [6.07, 6.45) is 0. The van der Waals surface area contributed by atoms with Crippen molar-refractivity contribution in [3.63, 3.8) is 0 Å². The van der Waals surface area contributed by atoms with Crippen molar-refractivity contribution < 1.29 is 5.11 Å². The third kappa shape index (κ3) is 2.80. The highest BCUT2D eigenvalue weighted by molar-refractivity contribution is 5.48. The van der Waals surface area contributed by atoms with E-state index in [1.807, 2.05) is 26.1 Å². The van der Waals surface area contributed by atoms with E-state index in [0.29, 0.717) is 12.2 Å². The Bertz CT molecular complexity index is 552. The summed E-state index contributed by atoms with van der Waals surface area (Å²) in [4.78, 5) is 6.45. The summed E-state index contributed by atoms with van der Waals surface area (Å²) >= 11 is 0. The van der Waals surface area contributed by atoms with Crippen molar-refractivity contribution in [1.29, 1.82) is 0 Å². The molecule has 1 N–H and O–H groups in total. The summed E-state index contributed by atoms with van der Waals surface area (Å²) in [5.74, 6) is 0.250. The second-order valence-electron chi connectivity index (χ2n) is 4.61. The Kier molecular flexibility index (Phi) is 3.51. The van der Waals surface area contributed by atoms with Crippen LogP contribution in [0.3, 0.4) is 0 Å². The highest BCUT2D eigenvalue weighted by atomic mass is 16.3. The van der Waals surface area contributed by atoms with E-state index in [0.717, 1.165) is 11.4 Å². The molecular formula is C15H18N2O. The summed E-state index contributed by atoms with van der Waals surface area (Å²) < 4.78 is 0. The van der Waals surface area contributed by atoms with Crippen molar-refractivity contribution >= 4 is 5.69 Å². The number of benzene rings is 1. The van der Waals surface area contributed by atoms with Crippen LogP contribution in [0.5, 0.6) is 5.75 Å². The Labute approximate surface area is 108 Å². The summed E-state index contributed by atoms with van der Waals surface area (Å²) in [7, 11) is 2.00. The summed E-state index contributed by atoms with van der Waals surface area (Å²) in [6.45, 7) is 4.59. The summed E-state index contributed by atoms with van der Waals surface area (Å²) in [5, 5.41) is 9.80. The molecule has 94 valence electrons. The minimum Gasteiger partial charge on any atom is -0.506 e. The molecule has 0 aliphatic carbocycles. The predicted octanol–water partition coefficient (Wildman–Crippen LogP) is 3.04. The van der Waals surface area contributed by atoms with E-state index >= 15 is 0 Å². The quantitative estimate of drug-likeness (QED) is 0.898. The maximum absolute atomic E-state index is 9.80. The van der Waals surface area contributed by atoms with Gasteiger partial charge in [0.1, 0.15) is 11.4 Å². The largest absolute Gasteiger partial charge is 0.506 e. The maximum atomic E-state index is 9.80. The van der Waals surface area contributed by atoms with Crippen LogP contribution in [0.25, 0.3) is 0 Å². The normalized spacial score (nSPS) is 10.4. The second kappa shape index (κ2) is 5.08. The molecule has 3 heteroatoms. The fraction of sp³-hybridized carbons (Fsp3) is 0.267. The number of aromatic nitrogens is 1. The third-order valence-electron chi connectivity index (χ3n) is 2.92. The Balaban J connectivity index is 2.21. The monoisotopic (exact) mass is 242 g/mol. The molecule has 1 aromatic carbocycles. The number of nitrogens with zero attached hydrogens (tertiary/aromatic N) is 2. The van der Waals surface area contributed by atoms with Crippen LogP contribution in [-0.4, -0.2) is 17.1 Å². The van der Waals surface area contributed by atoms with Gasteiger partial charge in [-0.1, -0.05) is 12.1 Å². The first-order valence-electron chi connectivity index (χ1n) is 5.99. The van der Waals surface area contributed by atoms with Gasteiger partial charge >= 0.3 is 0 Å². The molecule has 0 atom stereocenters. The molecule has 2 aromatic rings. The Hall–Kier alpha value is -2.03. The van der Waals surface area contributed by atoms with Gasteiger partial charge in [0.05, 0.1) is 6.54 Å². The van der Waals surface area contributed by atoms with Crippen LogP contribution in [-0.2, 0) is 6.54 Å². The third-order valence-corrected chi connectivity index (χ3v) is 2.92. The fourth-order valence-electron chi connectivity index (χ4n) is 1.90. The number of pyridine rings is 1. The molecule has 2 rings (SSSR count). The molecule has 0 saturated carbocycles. The van der Waals surface area contributed by atoms with Crippen LogP contribution in [0.15, 0.2) is 36.4 Å². The molecule has 1 heterocycles. The van der Waals surface area contributed by atoms with E-state index < -0.39 is 0 Å². The van der Waals surface area contributed by atoms with Crippen LogP contribution in [0, 0.1) is 13.8 Å². The average molecular weight is 242 g/mol. The van der Waals surface area contributed by atoms with Gasteiger partial charge in [-0.15, -0.1) is 0 Å². The van der Waals surface area contributed by atoms with E-state index in [1.54, 1.807) is 6.07 Å². The first-order valence-corrected chi connectivity index (χ1v) is 5.99. The Morgan fingerprint density at radius 3 is 2.67 bits per heavy atom. The molecule has 3 nitrogen and oxygen atoms in total. The van der Waals surface area contributed by atoms with Crippen LogP contribution in [0.2, 0.25) is 0 Å². The SMILES string of the molecule is Cc1cccc(N(C)Cc2nc(C)ccc2O)c1. The molecule has 0 aliphatic heterocycles. The van der Waals surface area contributed by atoms with Gasteiger partial charge in [-0.25, -0.2) is 0 Å². The molecule has 0 amide bonds. The standard InChI is InChI=1S/C15H18N2O/c1-11-5-4-6-13(9-11)17(3)10-14-15(18)8-7-12(2)16-14/h4-9,18H,10H2,1-3H3. The van der Waals surface area contributed by atoms with Crippen molar-refractivity contribution in [2.45, 2.75) is 20.4 Å². The van der Waals surface area contributed by atoms with Crippen LogP contribution < -0.4 is 4.90 Å². The minimum atomic E-state index is 0.250. The molecule has 0 fully saturated rings. The highest BCUT2D eigenvalue weighted by Crippen LogP contribution is 2.20. The van der Waals surface area contributed by atoms with Gasteiger partial charge in [0.2, 0.25) is 0 Å². The molecule has 0 spiro atoms. The van der Waals surface area contributed by atoms with Crippen molar-refractivity contribution in [2.24, 2.45) is 0 Å². The zero-order chi connectivity index (χ0) is 13.1. The van der Waals surface area contributed by atoms with E-state index in [-0.39, 0.29) is 5.75 Å². The molecule has 0 radical (unpaired) electrons. The number of hydrogen-bond acceptors (Lipinski definition) is 3. The Morgan fingerprint density at radius 2 is 1.94 bits per heavy atom. The lowest BCUT2D eigenvalue weighted by atomic mass is 10.2. The number of rotatable bonds is 3. The van der Waals surface area contributed by atoms with Crippen LogP contribution in [0.4, 0.5) is 5.69 Å². The topological polar surface area (TPSA) is 36.4 Å². The lowest BCUT2D eigenvalue weighted by Crippen LogP contribution is -2.17. The smallest absolute Gasteiger partial charge is 0.138 e. The van der Waals surface area contributed by atoms with Gasteiger partial charge in [-0.05, 0) is 43.7 Å². The van der Waals surface area contributed by atoms with Crippen molar-refractivity contribution in [2.75, 3.05) is 11.9 Å². The van der Waals surface area contributed by atoms with Gasteiger partial charge in [0.15, 0.2) is 0 Å². The predicted molar refractivity (Wildman–Crippen MR) is 73.9 cm³/mol. The second-order valence-corrected chi connectivity index (χ2v) is 4.61. The van der Waals surface area contributed by atoms with Crippen molar-refractivity contribution in [3.8, 4) is 5.75 Å². The van der Waals surface area contributed by atoms with Crippen LogP contribution in [0.1, 0.15) is 17.0 Å². The van der Waals surface area contributed by atoms with Crippen LogP contribution >= 0.6 is 0 Å². The zero-order valence-corrected chi connectivity index (χ0v) is 11.0. The highest BCUT2D eigenvalue weighted by Gasteiger charge is 2.07. The van der Waals surface area contributed by atoms with Crippen molar-refractivity contribution in [3.05, 3.63) is 53.3 Å². The van der Waals surface area contributed by atoms with E-state index in [2.05, 4.69) is 35.0 Å². The van der Waals surface area contributed by atoms with E-state index in [1.165, 1.54) is 5.56 Å². The molecule has 0 aliphatic rings. The lowest BCUT2D eigenvalue weighted by molar-refractivity contribution is 0.463. The van der Waals surface area contributed by atoms with Gasteiger partial charge in [-0.3, -0.25) is 4.98 Å². The summed E-state index contributed by atoms with van der Waals surface area (Å²) in [6, 6.07) is 11.8. The number of aryl methyl sites for hydroxylation is 2. The van der Waals surface area contributed by atoms with Gasteiger partial charge in [0.25, 0.3) is 0 Å². The van der Waals surface area contributed by atoms with Gasteiger partial charge in [-0.2, -0.15) is 0 Å². The van der Waals surface area contributed by atoms with Crippen molar-refractivity contribution in [1.82, 2.24) is 4.98 Å². The molecule has 1 aromatic heterocycles. The average Bonchev–Trinajstić information content (AvgIpc) is 2.34. The first-order chi connectivity index (χ1) is 8.56. The number of aromatic hydroxyl groups is 1. The minimum absolute atomic E-state index is 0.250. The lowest BCUT2D eigenvalue weighted by Gasteiger charge is -2.20. The van der Waals surface area contributed by atoms with E-state index in [9.17, 15) is 5.11 Å². The number of anilines is 1.